The van der Waals surface area contributed by atoms with Gasteiger partial charge in [0.1, 0.15) is 0 Å². The van der Waals surface area contributed by atoms with Gasteiger partial charge in [0, 0.05) is 18.1 Å². The van der Waals surface area contributed by atoms with Crippen LogP contribution in [0, 0.1) is 0 Å². The highest BCUT2D eigenvalue weighted by Crippen LogP contribution is 2.26. The topological polar surface area (TPSA) is 54.0 Å². The Labute approximate surface area is 102 Å². The van der Waals surface area contributed by atoms with Crippen molar-refractivity contribution < 1.29 is 4.79 Å². The number of carbonyl (C=O) groups excluding carboxylic acids is 1. The molecule has 1 aromatic heterocycles. The van der Waals surface area contributed by atoms with Crippen LogP contribution in [0.25, 0.3) is 0 Å². The molecule has 2 N–H and O–H groups in total. The van der Waals surface area contributed by atoms with Crippen molar-refractivity contribution in [1.82, 2.24) is 10.3 Å². The van der Waals surface area contributed by atoms with Gasteiger partial charge in [0.2, 0.25) is 5.91 Å². The summed E-state index contributed by atoms with van der Waals surface area (Å²) in [7, 11) is 0. The zero-order valence-electron chi connectivity index (χ0n) is 10.2. The Bertz CT molecular complexity index is 372. The Hall–Kier alpha value is -1.42. The normalized spacial score (nSPS) is 23.6. The van der Waals surface area contributed by atoms with Gasteiger partial charge in [0.25, 0.3) is 0 Å². The Morgan fingerprint density at radius 1 is 1.53 bits per heavy atom. The van der Waals surface area contributed by atoms with Crippen LogP contribution < -0.4 is 10.6 Å². The maximum Gasteiger partial charge on any atom is 0.244 e. The summed E-state index contributed by atoms with van der Waals surface area (Å²) in [4.78, 5) is 16.3. The summed E-state index contributed by atoms with van der Waals surface area (Å²) in [5, 5.41) is 6.33. The van der Waals surface area contributed by atoms with E-state index in [0.717, 1.165) is 37.9 Å². The highest BCUT2D eigenvalue weighted by atomic mass is 16.2. The van der Waals surface area contributed by atoms with Gasteiger partial charge >= 0.3 is 0 Å². The monoisotopic (exact) mass is 233 g/mol. The van der Waals surface area contributed by atoms with Crippen LogP contribution in [0.5, 0.6) is 0 Å². The third-order valence-corrected chi connectivity index (χ3v) is 3.29. The summed E-state index contributed by atoms with van der Waals surface area (Å²) in [6, 6.07) is 3.62. The number of hydrogen-bond acceptors (Lipinski definition) is 3. The van der Waals surface area contributed by atoms with E-state index in [4.69, 9.17) is 0 Å². The number of carbonyl (C=O) groups is 1. The van der Waals surface area contributed by atoms with Gasteiger partial charge in [0.15, 0.2) is 0 Å². The van der Waals surface area contributed by atoms with Gasteiger partial charge in [-0.05, 0) is 37.9 Å². The van der Waals surface area contributed by atoms with Crippen LogP contribution in [0.15, 0.2) is 24.5 Å². The second-order valence-electron chi connectivity index (χ2n) is 4.55. The minimum Gasteiger partial charge on any atom is -0.324 e. The first-order chi connectivity index (χ1) is 8.27. The molecule has 0 radical (unpaired) electrons. The molecule has 1 aromatic rings. The molecular weight excluding hydrogens is 214 g/mol. The van der Waals surface area contributed by atoms with Crippen LogP contribution in [0.1, 0.15) is 32.6 Å². The molecule has 0 bridgehead atoms. The van der Waals surface area contributed by atoms with Gasteiger partial charge in [0.05, 0.1) is 5.54 Å². The predicted octanol–water partition coefficient (Wildman–Crippen LogP) is 1.94. The fraction of sp³-hybridized carbons (Fsp3) is 0.538. The van der Waals surface area contributed by atoms with Crippen molar-refractivity contribution in [2.45, 2.75) is 38.1 Å². The first kappa shape index (κ1) is 12.0. The van der Waals surface area contributed by atoms with E-state index in [-0.39, 0.29) is 11.4 Å². The average Bonchev–Trinajstić information content (AvgIpc) is 2.81. The lowest BCUT2D eigenvalue weighted by Gasteiger charge is -2.27. The highest BCUT2D eigenvalue weighted by Gasteiger charge is 2.39. The Morgan fingerprint density at radius 2 is 2.29 bits per heavy atom. The predicted molar refractivity (Wildman–Crippen MR) is 67.7 cm³/mol. The van der Waals surface area contributed by atoms with Gasteiger partial charge in [-0.25, -0.2) is 0 Å². The number of nitrogens with zero attached hydrogens (tertiary/aromatic N) is 1. The standard InChI is InChI=1S/C13H19N3O/c1-2-6-13(7-3-8-15-13)12(17)16-11-4-9-14-10-5-11/h4-5,9-10,15H,2-3,6-8H2,1H3,(H,14,16,17). The van der Waals surface area contributed by atoms with Crippen molar-refractivity contribution in [1.29, 1.82) is 0 Å². The van der Waals surface area contributed by atoms with E-state index in [1.54, 1.807) is 12.4 Å². The van der Waals surface area contributed by atoms with Crippen LogP contribution in [-0.4, -0.2) is 23.0 Å². The van der Waals surface area contributed by atoms with Crippen LogP contribution in [0.3, 0.4) is 0 Å². The number of pyridine rings is 1. The van der Waals surface area contributed by atoms with E-state index in [9.17, 15) is 4.79 Å². The van der Waals surface area contributed by atoms with Crippen LogP contribution in [0.2, 0.25) is 0 Å². The van der Waals surface area contributed by atoms with E-state index >= 15 is 0 Å². The second kappa shape index (κ2) is 5.27. The molecule has 17 heavy (non-hydrogen) atoms. The average molecular weight is 233 g/mol. The molecule has 1 unspecified atom stereocenters. The number of hydrogen-bond donors (Lipinski definition) is 2. The van der Waals surface area contributed by atoms with E-state index in [1.165, 1.54) is 0 Å². The number of amides is 1. The number of rotatable bonds is 4. The lowest BCUT2D eigenvalue weighted by molar-refractivity contribution is -0.122. The summed E-state index contributed by atoms with van der Waals surface area (Å²) in [5.41, 5.74) is 0.451. The molecule has 0 spiro atoms. The molecule has 4 nitrogen and oxygen atoms in total. The highest BCUT2D eigenvalue weighted by molar-refractivity contribution is 5.98. The van der Waals surface area contributed by atoms with Crippen LogP contribution in [0.4, 0.5) is 5.69 Å². The molecule has 92 valence electrons. The first-order valence-corrected chi connectivity index (χ1v) is 6.23. The third-order valence-electron chi connectivity index (χ3n) is 3.29. The molecule has 0 saturated carbocycles. The number of aromatic nitrogens is 1. The van der Waals surface area contributed by atoms with Gasteiger partial charge < -0.3 is 10.6 Å². The summed E-state index contributed by atoms with van der Waals surface area (Å²) >= 11 is 0. The lowest BCUT2D eigenvalue weighted by Crippen LogP contribution is -2.50. The zero-order chi connectivity index (χ0) is 12.1. The minimum absolute atomic E-state index is 0.0862. The van der Waals surface area contributed by atoms with Crippen LogP contribution in [-0.2, 0) is 4.79 Å². The van der Waals surface area contributed by atoms with Crippen molar-refractivity contribution in [2.75, 3.05) is 11.9 Å². The minimum atomic E-state index is -0.363. The Balaban J connectivity index is 2.07. The maximum absolute atomic E-state index is 12.3. The van der Waals surface area contributed by atoms with Gasteiger partial charge in [-0.15, -0.1) is 0 Å². The smallest absolute Gasteiger partial charge is 0.244 e. The molecule has 1 amide bonds. The molecular formula is C13H19N3O. The molecule has 1 aliphatic heterocycles. The third kappa shape index (κ3) is 2.64. The SMILES string of the molecule is CCCC1(C(=O)Nc2ccncc2)CCCN1. The van der Waals surface area contributed by atoms with Gasteiger partial charge in [-0.3, -0.25) is 9.78 Å². The molecule has 2 rings (SSSR count). The molecule has 1 atom stereocenters. The lowest BCUT2D eigenvalue weighted by atomic mass is 9.91. The quantitative estimate of drug-likeness (QED) is 0.835. The molecule has 0 aromatic carbocycles. The summed E-state index contributed by atoms with van der Waals surface area (Å²) in [5.74, 6) is 0.0862. The molecule has 1 aliphatic rings. The Morgan fingerprint density at radius 3 is 2.88 bits per heavy atom. The van der Waals surface area contributed by atoms with E-state index in [2.05, 4.69) is 22.5 Å². The largest absolute Gasteiger partial charge is 0.324 e. The van der Waals surface area contributed by atoms with Crippen molar-refractivity contribution in [3.05, 3.63) is 24.5 Å². The van der Waals surface area contributed by atoms with Crippen LogP contribution >= 0.6 is 0 Å². The fourth-order valence-electron chi connectivity index (χ4n) is 2.44. The summed E-state index contributed by atoms with van der Waals surface area (Å²) in [6.45, 7) is 3.05. The Kier molecular flexibility index (Phi) is 3.74. The van der Waals surface area contributed by atoms with Crippen molar-refractivity contribution >= 4 is 11.6 Å². The number of nitrogens with one attached hydrogen (secondary N) is 2. The van der Waals surface area contributed by atoms with E-state index < -0.39 is 0 Å². The molecule has 4 heteroatoms. The molecule has 0 aliphatic carbocycles. The van der Waals surface area contributed by atoms with Gasteiger partial charge in [-0.2, -0.15) is 0 Å². The second-order valence-corrected chi connectivity index (χ2v) is 4.55. The number of anilines is 1. The summed E-state index contributed by atoms with van der Waals surface area (Å²) in [6.07, 6.45) is 7.27. The fourth-order valence-corrected chi connectivity index (χ4v) is 2.44. The van der Waals surface area contributed by atoms with Crippen molar-refractivity contribution in [3.63, 3.8) is 0 Å². The molecule has 1 saturated heterocycles. The molecule has 2 heterocycles. The maximum atomic E-state index is 12.3. The summed E-state index contributed by atoms with van der Waals surface area (Å²) < 4.78 is 0. The molecule has 1 fully saturated rings. The zero-order valence-corrected chi connectivity index (χ0v) is 10.2. The van der Waals surface area contributed by atoms with Crippen molar-refractivity contribution in [3.8, 4) is 0 Å². The van der Waals surface area contributed by atoms with Crippen molar-refractivity contribution in [2.24, 2.45) is 0 Å². The first-order valence-electron chi connectivity index (χ1n) is 6.23. The van der Waals surface area contributed by atoms with E-state index in [0.29, 0.717) is 0 Å². The van der Waals surface area contributed by atoms with E-state index in [1.807, 2.05) is 12.1 Å². The van der Waals surface area contributed by atoms with Gasteiger partial charge in [-0.1, -0.05) is 13.3 Å².